The van der Waals surface area contributed by atoms with Crippen molar-refractivity contribution in [2.45, 2.75) is 26.3 Å². The van der Waals surface area contributed by atoms with Crippen molar-refractivity contribution in [3.8, 4) is 0 Å². The van der Waals surface area contributed by atoms with E-state index in [0.717, 1.165) is 11.3 Å². The SMILES string of the molecule is Cc1c(N)cccc1NC(=O)CCCn1ccn(C)c1=O. The Hall–Kier alpha value is -2.50. The molecule has 0 radical (unpaired) electrons. The highest BCUT2D eigenvalue weighted by Gasteiger charge is 2.07. The predicted molar refractivity (Wildman–Crippen MR) is 83.1 cm³/mol. The molecule has 0 bridgehead atoms. The molecule has 0 fully saturated rings. The molecule has 6 heteroatoms. The number of imidazole rings is 1. The number of nitrogens with zero attached hydrogens (tertiary/aromatic N) is 2. The molecule has 1 aromatic carbocycles. The van der Waals surface area contributed by atoms with Crippen molar-refractivity contribution in [1.82, 2.24) is 9.13 Å². The van der Waals surface area contributed by atoms with Crippen molar-refractivity contribution < 1.29 is 4.79 Å². The summed E-state index contributed by atoms with van der Waals surface area (Å²) in [6.45, 7) is 2.40. The van der Waals surface area contributed by atoms with Gasteiger partial charge in [0.1, 0.15) is 0 Å². The number of aryl methyl sites for hydroxylation is 2. The number of nitrogens with one attached hydrogen (secondary N) is 1. The van der Waals surface area contributed by atoms with E-state index in [2.05, 4.69) is 5.32 Å². The second-order valence-electron chi connectivity index (χ2n) is 5.06. The van der Waals surface area contributed by atoms with Gasteiger partial charge in [-0.15, -0.1) is 0 Å². The van der Waals surface area contributed by atoms with Gasteiger partial charge in [-0.2, -0.15) is 0 Å². The molecule has 0 spiro atoms. The lowest BCUT2D eigenvalue weighted by atomic mass is 10.1. The number of aromatic nitrogens is 2. The van der Waals surface area contributed by atoms with Crippen LogP contribution < -0.4 is 16.7 Å². The van der Waals surface area contributed by atoms with Crippen LogP contribution in [0.4, 0.5) is 11.4 Å². The first-order valence-electron chi connectivity index (χ1n) is 6.85. The van der Waals surface area contributed by atoms with Gasteiger partial charge in [-0.1, -0.05) is 6.07 Å². The van der Waals surface area contributed by atoms with Gasteiger partial charge in [0.2, 0.25) is 5.91 Å². The highest BCUT2D eigenvalue weighted by molar-refractivity contribution is 5.92. The molecule has 0 unspecified atom stereocenters. The fourth-order valence-corrected chi connectivity index (χ4v) is 2.09. The molecule has 1 aromatic heterocycles. The number of benzene rings is 1. The van der Waals surface area contributed by atoms with Gasteiger partial charge < -0.3 is 15.6 Å². The van der Waals surface area contributed by atoms with Gasteiger partial charge in [-0.3, -0.25) is 9.36 Å². The number of hydrogen-bond donors (Lipinski definition) is 2. The largest absolute Gasteiger partial charge is 0.398 e. The fourth-order valence-electron chi connectivity index (χ4n) is 2.09. The van der Waals surface area contributed by atoms with Gasteiger partial charge in [-0.25, -0.2) is 4.79 Å². The minimum Gasteiger partial charge on any atom is -0.398 e. The van der Waals surface area contributed by atoms with Crippen LogP contribution in [0.3, 0.4) is 0 Å². The van der Waals surface area contributed by atoms with Crippen molar-refractivity contribution in [1.29, 1.82) is 0 Å². The lowest BCUT2D eigenvalue weighted by molar-refractivity contribution is -0.116. The number of carbonyl (C=O) groups is 1. The van der Waals surface area contributed by atoms with Crippen LogP contribution in [-0.2, 0) is 18.4 Å². The number of nitrogens with two attached hydrogens (primary N) is 1. The maximum Gasteiger partial charge on any atom is 0.327 e. The first-order valence-corrected chi connectivity index (χ1v) is 6.85. The molecule has 0 saturated heterocycles. The van der Waals surface area contributed by atoms with Crippen molar-refractivity contribution in [2.24, 2.45) is 7.05 Å². The first kappa shape index (κ1) is 14.9. The van der Waals surface area contributed by atoms with E-state index in [1.807, 2.05) is 19.1 Å². The van der Waals surface area contributed by atoms with Crippen molar-refractivity contribution in [2.75, 3.05) is 11.1 Å². The Bertz CT molecular complexity index is 700. The van der Waals surface area contributed by atoms with Crippen LogP contribution >= 0.6 is 0 Å². The normalized spacial score (nSPS) is 10.6. The Balaban J connectivity index is 1.87. The minimum absolute atomic E-state index is 0.0675. The monoisotopic (exact) mass is 288 g/mol. The number of anilines is 2. The lowest BCUT2D eigenvalue weighted by Crippen LogP contribution is -2.22. The Kier molecular flexibility index (Phi) is 4.47. The lowest BCUT2D eigenvalue weighted by Gasteiger charge is -2.10. The maximum absolute atomic E-state index is 11.9. The summed E-state index contributed by atoms with van der Waals surface area (Å²) in [7, 11) is 1.70. The van der Waals surface area contributed by atoms with Gasteiger partial charge in [-0.05, 0) is 31.0 Å². The van der Waals surface area contributed by atoms with Crippen LogP contribution in [0.15, 0.2) is 35.4 Å². The van der Waals surface area contributed by atoms with Gasteiger partial charge in [0.15, 0.2) is 0 Å². The number of nitrogen functional groups attached to an aromatic ring is 1. The third kappa shape index (κ3) is 3.53. The molecule has 0 aliphatic carbocycles. The molecule has 0 aliphatic heterocycles. The van der Waals surface area contributed by atoms with E-state index in [1.165, 1.54) is 4.57 Å². The summed E-state index contributed by atoms with van der Waals surface area (Å²) in [5.74, 6) is -0.0762. The van der Waals surface area contributed by atoms with E-state index in [-0.39, 0.29) is 11.6 Å². The molecule has 1 heterocycles. The highest BCUT2D eigenvalue weighted by Crippen LogP contribution is 2.20. The zero-order chi connectivity index (χ0) is 15.4. The van der Waals surface area contributed by atoms with Gasteiger partial charge in [0.25, 0.3) is 0 Å². The molecule has 0 atom stereocenters. The summed E-state index contributed by atoms with van der Waals surface area (Å²) < 4.78 is 3.11. The van der Waals surface area contributed by atoms with E-state index < -0.39 is 0 Å². The van der Waals surface area contributed by atoms with Crippen LogP contribution in [0.5, 0.6) is 0 Å². The van der Waals surface area contributed by atoms with Crippen molar-refractivity contribution in [3.05, 3.63) is 46.6 Å². The van der Waals surface area contributed by atoms with Crippen LogP contribution in [0.2, 0.25) is 0 Å². The van der Waals surface area contributed by atoms with E-state index in [1.54, 1.807) is 30.1 Å². The second kappa shape index (κ2) is 6.30. The maximum atomic E-state index is 11.9. The van der Waals surface area contributed by atoms with E-state index in [9.17, 15) is 9.59 Å². The molecule has 2 rings (SSSR count). The molecular formula is C15H20N4O2. The zero-order valence-corrected chi connectivity index (χ0v) is 12.3. The highest BCUT2D eigenvalue weighted by atomic mass is 16.2. The standard InChI is InChI=1S/C15H20N4O2/c1-11-12(16)5-3-6-13(11)17-14(20)7-4-8-19-10-9-18(2)15(19)21/h3,5-6,9-10H,4,7-8,16H2,1-2H3,(H,17,20). The Morgan fingerprint density at radius 3 is 2.76 bits per heavy atom. The zero-order valence-electron chi connectivity index (χ0n) is 12.3. The average molecular weight is 288 g/mol. The van der Waals surface area contributed by atoms with E-state index in [0.29, 0.717) is 25.1 Å². The van der Waals surface area contributed by atoms with Crippen molar-refractivity contribution >= 4 is 17.3 Å². The van der Waals surface area contributed by atoms with E-state index in [4.69, 9.17) is 5.73 Å². The third-order valence-electron chi connectivity index (χ3n) is 3.47. The molecule has 6 nitrogen and oxygen atoms in total. The molecule has 3 N–H and O–H groups in total. The topological polar surface area (TPSA) is 82.0 Å². The van der Waals surface area contributed by atoms with Gasteiger partial charge >= 0.3 is 5.69 Å². The number of amides is 1. The van der Waals surface area contributed by atoms with Gasteiger partial charge in [0, 0.05) is 43.8 Å². The Labute approximate surface area is 123 Å². The summed E-state index contributed by atoms with van der Waals surface area (Å²) in [5, 5.41) is 2.85. The third-order valence-corrected chi connectivity index (χ3v) is 3.47. The smallest absolute Gasteiger partial charge is 0.327 e. The predicted octanol–water partition coefficient (Wildman–Crippen LogP) is 1.50. The van der Waals surface area contributed by atoms with Crippen LogP contribution in [0.25, 0.3) is 0 Å². The van der Waals surface area contributed by atoms with Crippen LogP contribution in [0.1, 0.15) is 18.4 Å². The summed E-state index contributed by atoms with van der Waals surface area (Å²) in [6, 6.07) is 5.43. The fraction of sp³-hybridized carbons (Fsp3) is 0.333. The van der Waals surface area contributed by atoms with Crippen molar-refractivity contribution in [3.63, 3.8) is 0 Å². The second-order valence-corrected chi connectivity index (χ2v) is 5.06. The van der Waals surface area contributed by atoms with Crippen LogP contribution in [-0.4, -0.2) is 15.0 Å². The summed E-state index contributed by atoms with van der Waals surface area (Å²) >= 11 is 0. The Morgan fingerprint density at radius 1 is 1.33 bits per heavy atom. The summed E-state index contributed by atoms with van der Waals surface area (Å²) in [4.78, 5) is 23.5. The molecule has 1 amide bonds. The molecular weight excluding hydrogens is 268 g/mol. The molecule has 0 saturated carbocycles. The molecule has 0 aliphatic rings. The number of hydrogen-bond acceptors (Lipinski definition) is 3. The van der Waals surface area contributed by atoms with Crippen LogP contribution in [0, 0.1) is 6.92 Å². The number of carbonyl (C=O) groups excluding carboxylic acids is 1. The Morgan fingerprint density at radius 2 is 2.10 bits per heavy atom. The first-order chi connectivity index (χ1) is 9.99. The molecule has 2 aromatic rings. The quantitative estimate of drug-likeness (QED) is 0.818. The number of rotatable bonds is 5. The minimum atomic E-state index is -0.0762. The molecule has 112 valence electrons. The van der Waals surface area contributed by atoms with Gasteiger partial charge in [0.05, 0.1) is 0 Å². The van der Waals surface area contributed by atoms with E-state index >= 15 is 0 Å². The summed E-state index contributed by atoms with van der Waals surface area (Å²) in [5.41, 5.74) is 7.99. The molecule has 21 heavy (non-hydrogen) atoms. The average Bonchev–Trinajstić information content (AvgIpc) is 2.76. The summed E-state index contributed by atoms with van der Waals surface area (Å²) in [6.07, 6.45) is 4.40.